The van der Waals surface area contributed by atoms with E-state index in [4.69, 9.17) is 23.1 Å². The number of anilines is 2. The van der Waals surface area contributed by atoms with E-state index in [1.54, 1.807) is 17.0 Å². The van der Waals surface area contributed by atoms with E-state index >= 15 is 0 Å². The Hall–Kier alpha value is -2.27. The number of primary amides is 1. The lowest BCUT2D eigenvalue weighted by Gasteiger charge is -2.22. The Morgan fingerprint density at radius 1 is 1.30 bits per heavy atom. The number of hydrogen-bond acceptors (Lipinski definition) is 4. The van der Waals surface area contributed by atoms with Crippen LogP contribution in [0.1, 0.15) is 5.56 Å². The summed E-state index contributed by atoms with van der Waals surface area (Å²) in [7, 11) is 0. The minimum absolute atomic E-state index is 0.0728. The average molecular weight is 291 g/mol. The molecule has 0 aliphatic heterocycles. The molecular weight excluding hydrogens is 276 g/mol. The number of nitrogens with two attached hydrogens (primary N) is 2. The van der Waals surface area contributed by atoms with E-state index < -0.39 is 5.91 Å². The fraction of sp³-hybridized carbons (Fsp3) is 0.143. The van der Waals surface area contributed by atoms with E-state index in [-0.39, 0.29) is 6.54 Å². The Bertz CT molecular complexity index is 600. The molecule has 1 aromatic heterocycles. The molecule has 1 amide bonds. The topological polar surface area (TPSA) is 85.2 Å². The number of halogens is 1. The molecule has 0 bridgehead atoms. The zero-order chi connectivity index (χ0) is 14.5. The van der Waals surface area contributed by atoms with Crippen LogP contribution in [0.15, 0.2) is 42.6 Å². The highest BCUT2D eigenvalue weighted by molar-refractivity contribution is 6.30. The van der Waals surface area contributed by atoms with E-state index in [9.17, 15) is 4.79 Å². The van der Waals surface area contributed by atoms with Gasteiger partial charge in [0.05, 0.1) is 11.6 Å². The van der Waals surface area contributed by atoms with E-state index in [0.717, 1.165) is 5.56 Å². The second kappa shape index (κ2) is 6.25. The summed E-state index contributed by atoms with van der Waals surface area (Å²) in [6, 6.07) is 10.9. The summed E-state index contributed by atoms with van der Waals surface area (Å²) >= 11 is 5.81. The van der Waals surface area contributed by atoms with E-state index in [1.165, 1.54) is 6.20 Å². The Morgan fingerprint density at radius 3 is 2.70 bits per heavy atom. The van der Waals surface area contributed by atoms with E-state index in [2.05, 4.69) is 4.98 Å². The Labute approximate surface area is 122 Å². The molecule has 1 aromatic carbocycles. The van der Waals surface area contributed by atoms with Crippen molar-refractivity contribution in [2.75, 3.05) is 17.2 Å². The van der Waals surface area contributed by atoms with Crippen LogP contribution < -0.4 is 16.4 Å². The lowest BCUT2D eigenvalue weighted by Crippen LogP contribution is -2.33. The molecule has 4 N–H and O–H groups in total. The largest absolute Gasteiger partial charge is 0.399 e. The van der Waals surface area contributed by atoms with E-state index in [1.807, 2.05) is 24.3 Å². The highest BCUT2D eigenvalue weighted by Gasteiger charge is 2.11. The minimum atomic E-state index is -0.425. The van der Waals surface area contributed by atoms with Gasteiger partial charge in [0, 0.05) is 18.4 Å². The highest BCUT2D eigenvalue weighted by Crippen LogP contribution is 2.17. The van der Waals surface area contributed by atoms with Gasteiger partial charge in [-0.3, -0.25) is 4.79 Å². The number of benzene rings is 1. The zero-order valence-electron chi connectivity index (χ0n) is 10.8. The lowest BCUT2D eigenvalue weighted by molar-refractivity contribution is -0.116. The molecule has 20 heavy (non-hydrogen) atoms. The van der Waals surface area contributed by atoms with Gasteiger partial charge in [-0.25, -0.2) is 4.98 Å². The predicted molar refractivity (Wildman–Crippen MR) is 80.3 cm³/mol. The Kier molecular flexibility index (Phi) is 4.42. The number of rotatable bonds is 5. The van der Waals surface area contributed by atoms with Crippen LogP contribution in [0, 0.1) is 0 Å². The van der Waals surface area contributed by atoms with Gasteiger partial charge in [0.2, 0.25) is 5.91 Å². The van der Waals surface area contributed by atoms with Crippen molar-refractivity contribution in [3.63, 3.8) is 0 Å². The smallest absolute Gasteiger partial charge is 0.237 e. The van der Waals surface area contributed by atoms with Crippen molar-refractivity contribution in [2.45, 2.75) is 6.54 Å². The molecule has 6 heteroatoms. The standard InChI is InChI=1S/C14H15ClN4O/c15-11-4-5-14(18-7-11)19(9-13(17)20)8-10-2-1-3-12(16)6-10/h1-7H,8-9,16H2,(H2,17,20). The molecule has 2 rings (SSSR count). The molecule has 0 aliphatic carbocycles. The average Bonchev–Trinajstić information content (AvgIpc) is 2.38. The maximum atomic E-state index is 11.2. The summed E-state index contributed by atoms with van der Waals surface area (Å²) in [6.45, 7) is 0.562. The van der Waals surface area contributed by atoms with Crippen molar-refractivity contribution in [2.24, 2.45) is 5.73 Å². The van der Waals surface area contributed by atoms with Gasteiger partial charge in [0.1, 0.15) is 5.82 Å². The van der Waals surface area contributed by atoms with Crippen molar-refractivity contribution in [1.82, 2.24) is 4.98 Å². The monoisotopic (exact) mass is 290 g/mol. The number of hydrogen-bond donors (Lipinski definition) is 2. The number of amides is 1. The quantitative estimate of drug-likeness (QED) is 0.822. The van der Waals surface area contributed by atoms with Crippen LogP contribution in [0.25, 0.3) is 0 Å². The summed E-state index contributed by atoms with van der Waals surface area (Å²) in [6.07, 6.45) is 1.53. The molecule has 1 heterocycles. The van der Waals surface area contributed by atoms with Crippen LogP contribution in [-0.4, -0.2) is 17.4 Å². The lowest BCUT2D eigenvalue weighted by atomic mass is 10.2. The first-order valence-electron chi connectivity index (χ1n) is 6.04. The molecule has 104 valence electrons. The maximum Gasteiger partial charge on any atom is 0.237 e. The summed E-state index contributed by atoms with van der Waals surface area (Å²) in [4.78, 5) is 17.2. The van der Waals surface area contributed by atoms with Crippen molar-refractivity contribution in [3.05, 3.63) is 53.2 Å². The minimum Gasteiger partial charge on any atom is -0.399 e. The molecule has 0 radical (unpaired) electrons. The molecule has 0 aliphatic rings. The van der Waals surface area contributed by atoms with Gasteiger partial charge in [-0.1, -0.05) is 23.7 Å². The van der Waals surface area contributed by atoms with Gasteiger partial charge < -0.3 is 16.4 Å². The third-order valence-electron chi connectivity index (χ3n) is 2.71. The number of carbonyl (C=O) groups is 1. The normalized spacial score (nSPS) is 10.2. The van der Waals surface area contributed by atoms with Crippen molar-refractivity contribution >= 4 is 29.0 Å². The molecule has 2 aromatic rings. The van der Waals surface area contributed by atoms with E-state index in [0.29, 0.717) is 23.1 Å². The number of pyridine rings is 1. The van der Waals surface area contributed by atoms with Crippen LogP contribution in [0.5, 0.6) is 0 Å². The molecule has 0 saturated heterocycles. The first-order chi connectivity index (χ1) is 9.54. The molecule has 0 unspecified atom stereocenters. The van der Waals surface area contributed by atoms with Gasteiger partial charge in [0.25, 0.3) is 0 Å². The third kappa shape index (κ3) is 3.86. The van der Waals surface area contributed by atoms with Crippen LogP contribution in [-0.2, 0) is 11.3 Å². The van der Waals surface area contributed by atoms with Gasteiger partial charge in [0.15, 0.2) is 0 Å². The summed E-state index contributed by atoms with van der Waals surface area (Å²) < 4.78 is 0. The highest BCUT2D eigenvalue weighted by atomic mass is 35.5. The molecule has 0 spiro atoms. The number of nitrogen functional groups attached to an aromatic ring is 1. The molecule has 5 nitrogen and oxygen atoms in total. The first-order valence-corrected chi connectivity index (χ1v) is 6.41. The maximum absolute atomic E-state index is 11.2. The molecule has 0 atom stereocenters. The fourth-order valence-corrected chi connectivity index (χ4v) is 1.98. The Morgan fingerprint density at radius 2 is 2.10 bits per heavy atom. The molecular formula is C14H15ClN4O. The van der Waals surface area contributed by atoms with Gasteiger partial charge in [-0.05, 0) is 29.8 Å². The summed E-state index contributed by atoms with van der Waals surface area (Å²) in [5.41, 5.74) is 12.7. The van der Waals surface area contributed by atoms with Crippen molar-refractivity contribution in [1.29, 1.82) is 0 Å². The van der Waals surface area contributed by atoms with Crippen molar-refractivity contribution in [3.8, 4) is 0 Å². The second-order valence-corrected chi connectivity index (χ2v) is 4.84. The fourth-order valence-electron chi connectivity index (χ4n) is 1.87. The summed E-state index contributed by atoms with van der Waals surface area (Å²) in [5.74, 6) is 0.210. The number of nitrogens with zero attached hydrogens (tertiary/aromatic N) is 2. The third-order valence-corrected chi connectivity index (χ3v) is 2.93. The Balaban J connectivity index is 2.23. The first kappa shape index (κ1) is 14.1. The zero-order valence-corrected chi connectivity index (χ0v) is 11.5. The number of aromatic nitrogens is 1. The number of carbonyl (C=O) groups excluding carboxylic acids is 1. The predicted octanol–water partition coefficient (Wildman–Crippen LogP) is 1.81. The summed E-state index contributed by atoms with van der Waals surface area (Å²) in [5, 5.41) is 0.539. The molecule has 0 saturated carbocycles. The van der Waals surface area contributed by atoms with Crippen molar-refractivity contribution < 1.29 is 4.79 Å². The van der Waals surface area contributed by atoms with Crippen LogP contribution in [0.3, 0.4) is 0 Å². The molecule has 0 fully saturated rings. The van der Waals surface area contributed by atoms with Gasteiger partial charge in [-0.15, -0.1) is 0 Å². The van der Waals surface area contributed by atoms with Crippen LogP contribution in [0.2, 0.25) is 5.02 Å². The van der Waals surface area contributed by atoms with Crippen LogP contribution in [0.4, 0.5) is 11.5 Å². The van der Waals surface area contributed by atoms with Gasteiger partial charge in [-0.2, -0.15) is 0 Å². The van der Waals surface area contributed by atoms with Crippen LogP contribution >= 0.6 is 11.6 Å². The van der Waals surface area contributed by atoms with Gasteiger partial charge >= 0.3 is 0 Å². The SMILES string of the molecule is NC(=O)CN(Cc1cccc(N)c1)c1ccc(Cl)cn1. The second-order valence-electron chi connectivity index (χ2n) is 4.40.